The summed E-state index contributed by atoms with van der Waals surface area (Å²) in [6.07, 6.45) is 0.916. The van der Waals surface area contributed by atoms with Crippen LogP contribution in [0.1, 0.15) is 6.42 Å². The first-order valence-corrected chi connectivity index (χ1v) is 7.81. The molecule has 0 bridgehead atoms. The smallest absolute Gasteiger partial charge is 0.183 e. The molecule has 1 saturated heterocycles. The van der Waals surface area contributed by atoms with E-state index in [1.165, 1.54) is 0 Å². The van der Waals surface area contributed by atoms with E-state index in [1.807, 2.05) is 35.0 Å². The van der Waals surface area contributed by atoms with E-state index in [-0.39, 0.29) is 0 Å². The summed E-state index contributed by atoms with van der Waals surface area (Å²) in [6.45, 7) is 1.92. The SMILES string of the molecule is O[P+]1(NCCCl)OCCCN1c1ccccc1. The van der Waals surface area contributed by atoms with E-state index in [4.69, 9.17) is 16.1 Å². The van der Waals surface area contributed by atoms with Crippen molar-refractivity contribution in [2.75, 3.05) is 30.2 Å². The van der Waals surface area contributed by atoms with Crippen LogP contribution in [0.3, 0.4) is 0 Å². The van der Waals surface area contributed by atoms with Gasteiger partial charge in [0.2, 0.25) is 0 Å². The summed E-state index contributed by atoms with van der Waals surface area (Å²) >= 11 is 5.65. The molecule has 1 unspecified atom stereocenters. The molecular formula is C11H17ClN2O2P+. The lowest BCUT2D eigenvalue weighted by Crippen LogP contribution is -2.39. The van der Waals surface area contributed by atoms with Crippen molar-refractivity contribution in [3.05, 3.63) is 30.3 Å². The van der Waals surface area contributed by atoms with Crippen LogP contribution in [0.2, 0.25) is 0 Å². The molecule has 0 radical (unpaired) electrons. The molecule has 1 aromatic carbocycles. The van der Waals surface area contributed by atoms with Gasteiger partial charge in [0.1, 0.15) is 6.61 Å². The van der Waals surface area contributed by atoms with Crippen molar-refractivity contribution in [3.63, 3.8) is 0 Å². The topological polar surface area (TPSA) is 44.7 Å². The van der Waals surface area contributed by atoms with Crippen LogP contribution in [0.5, 0.6) is 0 Å². The highest BCUT2D eigenvalue weighted by atomic mass is 35.5. The van der Waals surface area contributed by atoms with Crippen LogP contribution in [0.15, 0.2) is 30.3 Å². The van der Waals surface area contributed by atoms with Crippen LogP contribution in [-0.4, -0.2) is 30.5 Å². The minimum Gasteiger partial charge on any atom is -0.183 e. The highest BCUT2D eigenvalue weighted by Gasteiger charge is 2.49. The van der Waals surface area contributed by atoms with E-state index in [1.54, 1.807) is 0 Å². The predicted molar refractivity (Wildman–Crippen MR) is 72.2 cm³/mol. The molecule has 0 spiro atoms. The highest BCUT2D eigenvalue weighted by molar-refractivity contribution is 7.65. The monoisotopic (exact) mass is 275 g/mol. The number of benzene rings is 1. The quantitative estimate of drug-likeness (QED) is 0.654. The first-order valence-electron chi connectivity index (χ1n) is 5.67. The van der Waals surface area contributed by atoms with Gasteiger partial charge in [-0.05, 0) is 18.6 Å². The third-order valence-corrected chi connectivity index (χ3v) is 5.03. The number of halogens is 1. The van der Waals surface area contributed by atoms with Crippen LogP contribution in [0, 0.1) is 0 Å². The Bertz CT molecular complexity index is 355. The molecule has 0 saturated carbocycles. The first-order chi connectivity index (χ1) is 8.26. The van der Waals surface area contributed by atoms with E-state index >= 15 is 0 Å². The zero-order valence-electron chi connectivity index (χ0n) is 9.55. The molecule has 1 aliphatic rings. The highest BCUT2D eigenvalue weighted by Crippen LogP contribution is 2.58. The average Bonchev–Trinajstić information content (AvgIpc) is 2.38. The van der Waals surface area contributed by atoms with Gasteiger partial charge in [-0.15, -0.1) is 16.7 Å². The van der Waals surface area contributed by atoms with Crippen molar-refractivity contribution in [1.29, 1.82) is 0 Å². The van der Waals surface area contributed by atoms with Crippen LogP contribution < -0.4 is 9.76 Å². The molecule has 1 fully saturated rings. The second-order valence-corrected chi connectivity index (χ2v) is 6.31. The lowest BCUT2D eigenvalue weighted by molar-refractivity contribution is 0.257. The van der Waals surface area contributed by atoms with Gasteiger partial charge in [0.25, 0.3) is 0 Å². The van der Waals surface area contributed by atoms with E-state index in [2.05, 4.69) is 5.09 Å². The molecular weight excluding hydrogens is 259 g/mol. The average molecular weight is 276 g/mol. The van der Waals surface area contributed by atoms with Crippen molar-refractivity contribution in [2.24, 2.45) is 0 Å². The van der Waals surface area contributed by atoms with Crippen LogP contribution >= 0.6 is 19.6 Å². The minimum absolute atomic E-state index is 0.453. The van der Waals surface area contributed by atoms with E-state index in [0.717, 1.165) is 18.7 Å². The van der Waals surface area contributed by atoms with Crippen molar-refractivity contribution >= 4 is 25.3 Å². The van der Waals surface area contributed by atoms with Gasteiger partial charge in [0, 0.05) is 5.88 Å². The van der Waals surface area contributed by atoms with Gasteiger partial charge in [-0.3, -0.25) is 0 Å². The van der Waals surface area contributed by atoms with Gasteiger partial charge in [-0.2, -0.15) is 14.1 Å². The lowest BCUT2D eigenvalue weighted by Gasteiger charge is -2.33. The Hall–Kier alpha value is -0.380. The van der Waals surface area contributed by atoms with Crippen molar-refractivity contribution in [3.8, 4) is 0 Å². The molecule has 1 aliphatic heterocycles. The minimum atomic E-state index is -2.71. The van der Waals surface area contributed by atoms with E-state index in [0.29, 0.717) is 19.0 Å². The second-order valence-electron chi connectivity index (χ2n) is 3.79. The summed E-state index contributed by atoms with van der Waals surface area (Å²) in [5, 5.41) is 3.03. The Labute approximate surface area is 107 Å². The van der Waals surface area contributed by atoms with Gasteiger partial charge in [0.15, 0.2) is 0 Å². The standard InChI is InChI=1S/C11H17ClN2O2P/c12-7-8-13-17(15)14(9-4-10-16-17)11-5-2-1-3-6-11/h1-3,5-6,13,15H,4,7-10H2/q+1. The maximum absolute atomic E-state index is 10.6. The molecule has 0 aliphatic carbocycles. The van der Waals surface area contributed by atoms with Crippen LogP contribution in [0.4, 0.5) is 5.69 Å². The Morgan fingerprint density at radius 3 is 2.88 bits per heavy atom. The molecule has 4 nitrogen and oxygen atoms in total. The number of para-hydroxylation sites is 1. The molecule has 2 N–H and O–H groups in total. The zero-order valence-corrected chi connectivity index (χ0v) is 11.2. The van der Waals surface area contributed by atoms with Gasteiger partial charge in [0.05, 0.1) is 18.8 Å². The van der Waals surface area contributed by atoms with Gasteiger partial charge < -0.3 is 0 Å². The fourth-order valence-electron chi connectivity index (χ4n) is 1.82. The third kappa shape index (κ3) is 3.09. The van der Waals surface area contributed by atoms with Crippen LogP contribution in [-0.2, 0) is 4.52 Å². The van der Waals surface area contributed by atoms with Crippen molar-refractivity contribution in [2.45, 2.75) is 6.42 Å². The number of alkyl halides is 1. The largest absolute Gasteiger partial charge is 0.456 e. The summed E-state index contributed by atoms with van der Waals surface area (Å²) < 4.78 is 7.48. The number of rotatable bonds is 4. The Balaban J connectivity index is 2.17. The van der Waals surface area contributed by atoms with Gasteiger partial charge in [-0.1, -0.05) is 18.2 Å². The number of hydrogen-bond acceptors (Lipinski definition) is 4. The fourth-order valence-corrected chi connectivity index (χ4v) is 4.09. The zero-order chi connectivity index (χ0) is 12.1. The number of nitrogens with one attached hydrogen (secondary N) is 1. The van der Waals surface area contributed by atoms with Crippen molar-refractivity contribution in [1.82, 2.24) is 5.09 Å². The molecule has 0 amide bonds. The third-order valence-electron chi connectivity index (χ3n) is 2.58. The second kappa shape index (κ2) is 5.98. The van der Waals surface area contributed by atoms with Gasteiger partial charge in [-0.25, -0.2) is 0 Å². The molecule has 1 atom stereocenters. The summed E-state index contributed by atoms with van der Waals surface area (Å²) in [7, 11) is -2.71. The molecule has 1 aromatic rings. The molecule has 0 aromatic heterocycles. The number of nitrogens with zero attached hydrogens (tertiary/aromatic N) is 1. The maximum atomic E-state index is 10.6. The molecule has 1 heterocycles. The van der Waals surface area contributed by atoms with E-state index < -0.39 is 8.02 Å². The normalized spacial score (nSPS) is 24.9. The predicted octanol–water partition coefficient (Wildman–Crippen LogP) is 2.41. The molecule has 6 heteroatoms. The number of anilines is 1. The lowest BCUT2D eigenvalue weighted by atomic mass is 10.3. The first kappa shape index (κ1) is 13.1. The Morgan fingerprint density at radius 1 is 1.41 bits per heavy atom. The summed E-state index contributed by atoms with van der Waals surface area (Å²) in [5.74, 6) is 0.453. The summed E-state index contributed by atoms with van der Waals surface area (Å²) in [4.78, 5) is 10.6. The molecule has 94 valence electrons. The Morgan fingerprint density at radius 2 is 2.18 bits per heavy atom. The van der Waals surface area contributed by atoms with Gasteiger partial charge >= 0.3 is 8.02 Å². The molecule has 17 heavy (non-hydrogen) atoms. The fraction of sp³-hybridized carbons (Fsp3) is 0.455. The van der Waals surface area contributed by atoms with Crippen LogP contribution in [0.25, 0.3) is 0 Å². The maximum Gasteiger partial charge on any atom is 0.456 e. The van der Waals surface area contributed by atoms with Crippen molar-refractivity contribution < 1.29 is 9.42 Å². The molecule has 2 rings (SSSR count). The summed E-state index contributed by atoms with van der Waals surface area (Å²) in [6, 6.07) is 9.81. The Kier molecular flexibility index (Phi) is 4.60. The van der Waals surface area contributed by atoms with E-state index in [9.17, 15) is 4.89 Å². The summed E-state index contributed by atoms with van der Waals surface area (Å²) in [5.41, 5.74) is 0.977. The number of hydrogen-bond donors (Lipinski definition) is 2.